The van der Waals surface area contributed by atoms with E-state index in [0.717, 1.165) is 30.2 Å². The molecule has 1 aliphatic rings. The molecule has 0 aromatic heterocycles. The molecule has 1 aromatic rings. The molecule has 0 atom stereocenters. The summed E-state index contributed by atoms with van der Waals surface area (Å²) in [5.41, 5.74) is 0.646. The molecule has 1 fully saturated rings. The van der Waals surface area contributed by atoms with E-state index in [2.05, 4.69) is 15.4 Å². The van der Waals surface area contributed by atoms with E-state index in [4.69, 9.17) is 4.84 Å². The number of methoxy groups -OCH3 is 1. The molecule has 0 heterocycles. The maximum Gasteiger partial charge on any atom is 0.406 e. The van der Waals surface area contributed by atoms with E-state index in [0.29, 0.717) is 18.8 Å². The standard InChI is InChI=1S/C18H29N3O5S/c1-14(2)21(26-16-8-4-5-9-16)27(23,24)17-10-6-7-15(13-17)19-11-12-20-18(22)25-3/h6-7,10,13-14,16,19H,4-5,8-9,11-12H2,1-3H3,(H,20,22). The van der Waals surface area contributed by atoms with Gasteiger partial charge in [0.2, 0.25) is 0 Å². The lowest BCUT2D eigenvalue weighted by atomic mass is 10.3. The smallest absolute Gasteiger partial charge is 0.406 e. The minimum atomic E-state index is -3.78. The number of carbonyl (C=O) groups excluding carboxylic acids is 1. The number of hydrogen-bond acceptors (Lipinski definition) is 6. The van der Waals surface area contributed by atoms with Crippen molar-refractivity contribution >= 4 is 21.8 Å². The average molecular weight is 400 g/mol. The Kier molecular flexibility index (Phi) is 7.88. The lowest BCUT2D eigenvalue weighted by Gasteiger charge is -2.28. The number of amides is 1. The first-order chi connectivity index (χ1) is 12.8. The summed E-state index contributed by atoms with van der Waals surface area (Å²) < 4.78 is 31.8. The molecule has 9 heteroatoms. The predicted octanol–water partition coefficient (Wildman–Crippen LogP) is 2.73. The molecule has 152 valence electrons. The summed E-state index contributed by atoms with van der Waals surface area (Å²) in [6.45, 7) is 4.39. The van der Waals surface area contributed by atoms with Crippen LogP contribution in [0.3, 0.4) is 0 Å². The molecule has 0 unspecified atom stereocenters. The molecule has 0 spiro atoms. The van der Waals surface area contributed by atoms with Crippen molar-refractivity contribution in [1.82, 2.24) is 9.79 Å². The van der Waals surface area contributed by atoms with E-state index in [1.165, 1.54) is 7.11 Å². The van der Waals surface area contributed by atoms with Crippen LogP contribution in [-0.2, 0) is 19.6 Å². The van der Waals surface area contributed by atoms with Gasteiger partial charge in [-0.15, -0.1) is 0 Å². The Bertz CT molecular complexity index is 717. The monoisotopic (exact) mass is 399 g/mol. The van der Waals surface area contributed by atoms with Gasteiger partial charge in [0.1, 0.15) is 0 Å². The van der Waals surface area contributed by atoms with Gasteiger partial charge in [0, 0.05) is 24.8 Å². The van der Waals surface area contributed by atoms with E-state index in [9.17, 15) is 13.2 Å². The number of benzene rings is 1. The van der Waals surface area contributed by atoms with Crippen molar-refractivity contribution in [3.8, 4) is 0 Å². The topological polar surface area (TPSA) is 97.0 Å². The van der Waals surface area contributed by atoms with Crippen LogP contribution in [0.15, 0.2) is 29.2 Å². The summed E-state index contributed by atoms with van der Waals surface area (Å²) in [7, 11) is -2.48. The first kappa shape index (κ1) is 21.5. The molecule has 0 bridgehead atoms. The number of sulfonamides is 1. The van der Waals surface area contributed by atoms with Gasteiger partial charge in [-0.3, -0.25) is 4.84 Å². The molecule has 0 saturated heterocycles. The van der Waals surface area contributed by atoms with Gasteiger partial charge in [-0.05, 0) is 44.9 Å². The van der Waals surface area contributed by atoms with Crippen LogP contribution in [0.1, 0.15) is 39.5 Å². The Morgan fingerprint density at radius 1 is 1.26 bits per heavy atom. The Hall–Kier alpha value is -1.84. The fraction of sp³-hybridized carbons (Fsp3) is 0.611. The molecule has 2 rings (SSSR count). The van der Waals surface area contributed by atoms with Crippen molar-refractivity contribution in [3.05, 3.63) is 24.3 Å². The van der Waals surface area contributed by atoms with Crippen LogP contribution >= 0.6 is 0 Å². The average Bonchev–Trinajstić information content (AvgIpc) is 3.16. The highest BCUT2D eigenvalue weighted by atomic mass is 32.2. The lowest BCUT2D eigenvalue weighted by molar-refractivity contribution is -0.146. The van der Waals surface area contributed by atoms with Crippen molar-refractivity contribution in [1.29, 1.82) is 0 Å². The van der Waals surface area contributed by atoms with Gasteiger partial charge in [0.05, 0.1) is 18.1 Å². The van der Waals surface area contributed by atoms with Crippen molar-refractivity contribution < 1.29 is 22.8 Å². The molecular formula is C18H29N3O5S. The van der Waals surface area contributed by atoms with E-state index in [1.54, 1.807) is 38.1 Å². The van der Waals surface area contributed by atoms with Crippen molar-refractivity contribution in [2.75, 3.05) is 25.5 Å². The van der Waals surface area contributed by atoms with Crippen LogP contribution in [-0.4, -0.2) is 51.3 Å². The normalized spacial score (nSPS) is 15.3. The first-order valence-corrected chi connectivity index (χ1v) is 10.7. The molecular weight excluding hydrogens is 370 g/mol. The van der Waals surface area contributed by atoms with Crippen LogP contribution in [0, 0.1) is 0 Å². The zero-order valence-corrected chi connectivity index (χ0v) is 16.9. The van der Waals surface area contributed by atoms with Gasteiger partial charge < -0.3 is 15.4 Å². The SMILES string of the molecule is COC(=O)NCCNc1cccc(S(=O)(=O)N(OC2CCCC2)C(C)C)c1. The summed E-state index contributed by atoms with van der Waals surface area (Å²) in [6, 6.07) is 6.27. The quantitative estimate of drug-likeness (QED) is 0.490. The van der Waals surface area contributed by atoms with Crippen LogP contribution in [0.4, 0.5) is 10.5 Å². The summed E-state index contributed by atoms with van der Waals surface area (Å²) in [5, 5.41) is 5.63. The number of ether oxygens (including phenoxy) is 1. The minimum absolute atomic E-state index is 0.0483. The Balaban J connectivity index is 2.06. The van der Waals surface area contributed by atoms with E-state index in [1.807, 2.05) is 0 Å². The van der Waals surface area contributed by atoms with E-state index in [-0.39, 0.29) is 17.0 Å². The second-order valence-electron chi connectivity index (χ2n) is 6.74. The summed E-state index contributed by atoms with van der Waals surface area (Å²) >= 11 is 0. The van der Waals surface area contributed by atoms with Gasteiger partial charge in [-0.2, -0.15) is 0 Å². The van der Waals surface area contributed by atoms with Crippen LogP contribution in [0.5, 0.6) is 0 Å². The second kappa shape index (κ2) is 9.91. The molecule has 8 nitrogen and oxygen atoms in total. The van der Waals surface area contributed by atoms with Crippen molar-refractivity contribution in [2.45, 2.75) is 56.6 Å². The Morgan fingerprint density at radius 2 is 1.96 bits per heavy atom. The first-order valence-electron chi connectivity index (χ1n) is 9.21. The van der Waals surface area contributed by atoms with Crippen LogP contribution in [0.2, 0.25) is 0 Å². The summed E-state index contributed by atoms with van der Waals surface area (Å²) in [4.78, 5) is 17.0. The van der Waals surface area contributed by atoms with Crippen LogP contribution < -0.4 is 10.6 Å². The van der Waals surface area contributed by atoms with Crippen molar-refractivity contribution in [2.24, 2.45) is 0 Å². The van der Waals surface area contributed by atoms with Gasteiger partial charge >= 0.3 is 6.09 Å². The number of rotatable bonds is 9. The summed E-state index contributed by atoms with van der Waals surface area (Å²) in [5.74, 6) is 0. The minimum Gasteiger partial charge on any atom is -0.453 e. The Morgan fingerprint density at radius 3 is 2.59 bits per heavy atom. The van der Waals surface area contributed by atoms with Gasteiger partial charge in [-0.25, -0.2) is 13.2 Å². The molecule has 27 heavy (non-hydrogen) atoms. The van der Waals surface area contributed by atoms with E-state index < -0.39 is 16.1 Å². The molecule has 1 saturated carbocycles. The molecule has 1 amide bonds. The largest absolute Gasteiger partial charge is 0.453 e. The highest BCUT2D eigenvalue weighted by Crippen LogP contribution is 2.27. The molecule has 0 aliphatic heterocycles. The highest BCUT2D eigenvalue weighted by molar-refractivity contribution is 7.89. The van der Waals surface area contributed by atoms with Gasteiger partial charge in [0.15, 0.2) is 0 Å². The fourth-order valence-electron chi connectivity index (χ4n) is 2.91. The second-order valence-corrected chi connectivity index (χ2v) is 8.52. The fourth-order valence-corrected chi connectivity index (χ4v) is 4.43. The Labute approximate surface area is 161 Å². The molecule has 2 N–H and O–H groups in total. The van der Waals surface area contributed by atoms with Crippen LogP contribution in [0.25, 0.3) is 0 Å². The predicted molar refractivity (Wildman–Crippen MR) is 103 cm³/mol. The molecule has 1 aliphatic carbocycles. The van der Waals surface area contributed by atoms with Gasteiger partial charge in [-0.1, -0.05) is 23.4 Å². The zero-order valence-electron chi connectivity index (χ0n) is 16.1. The number of alkyl carbamates (subject to hydrolysis) is 1. The third-order valence-electron chi connectivity index (χ3n) is 4.25. The third kappa shape index (κ3) is 6.08. The number of carbonyl (C=O) groups is 1. The lowest BCUT2D eigenvalue weighted by Crippen LogP contribution is -2.39. The number of hydrogen-bond donors (Lipinski definition) is 2. The van der Waals surface area contributed by atoms with Crippen molar-refractivity contribution in [3.63, 3.8) is 0 Å². The highest BCUT2D eigenvalue weighted by Gasteiger charge is 2.32. The molecule has 1 aromatic carbocycles. The maximum absolute atomic E-state index is 13.1. The number of anilines is 1. The number of hydroxylamine groups is 1. The van der Waals surface area contributed by atoms with E-state index >= 15 is 0 Å². The third-order valence-corrected chi connectivity index (χ3v) is 6.09. The maximum atomic E-state index is 13.1. The zero-order chi connectivity index (χ0) is 19.9. The van der Waals surface area contributed by atoms with Gasteiger partial charge in [0.25, 0.3) is 10.0 Å². The summed E-state index contributed by atoms with van der Waals surface area (Å²) in [6.07, 6.45) is 3.34. The number of nitrogens with one attached hydrogen (secondary N) is 2. The molecule has 0 radical (unpaired) electrons. The number of nitrogens with zero attached hydrogens (tertiary/aromatic N) is 1.